The normalized spacial score (nSPS) is 11.2. The van der Waals surface area contributed by atoms with Crippen LogP contribution in [0.1, 0.15) is 18.3 Å². The zero-order valence-corrected chi connectivity index (χ0v) is 8.83. The molecule has 0 unspecified atom stereocenters. The Balaban J connectivity index is 3.01. The van der Waals surface area contributed by atoms with Gasteiger partial charge in [-0.15, -0.1) is 0 Å². The van der Waals surface area contributed by atoms with Crippen LogP contribution >= 0.6 is 0 Å². The molecule has 0 fully saturated rings. The molecule has 0 aliphatic carbocycles. The third-order valence-corrected chi connectivity index (χ3v) is 2.05. The molecule has 1 rings (SSSR count). The number of rotatable bonds is 3. The maximum atomic E-state index is 5.92. The molecule has 1 aromatic rings. The van der Waals surface area contributed by atoms with Crippen LogP contribution in [0.5, 0.6) is 0 Å². The second-order valence-electron chi connectivity index (χ2n) is 3.50. The van der Waals surface area contributed by atoms with E-state index in [1.807, 2.05) is 25.7 Å². The Bertz CT molecular complexity index is 288. The first-order valence-corrected chi connectivity index (χ1v) is 4.52. The Morgan fingerprint density at radius 2 is 2.08 bits per heavy atom. The van der Waals surface area contributed by atoms with Crippen molar-refractivity contribution in [1.82, 2.24) is 14.7 Å². The fourth-order valence-corrected chi connectivity index (χ4v) is 1.37. The number of hydrogen-bond donors (Lipinski definition) is 1. The molecule has 0 aliphatic rings. The fraction of sp³-hybridized carbons (Fsp3) is 0.667. The average Bonchev–Trinajstić information content (AvgIpc) is 2.31. The summed E-state index contributed by atoms with van der Waals surface area (Å²) < 4.78 is 1.96. The summed E-state index contributed by atoms with van der Waals surface area (Å²) in [6, 6.07) is 0. The SMILES string of the molecule is CCn1nc(C)c(N)c1CN(C)C. The lowest BCUT2D eigenvalue weighted by molar-refractivity contribution is 0.384. The fourth-order valence-electron chi connectivity index (χ4n) is 1.37. The molecule has 0 aliphatic heterocycles. The molecule has 74 valence electrons. The van der Waals surface area contributed by atoms with Crippen LogP contribution in [-0.2, 0) is 13.1 Å². The highest BCUT2D eigenvalue weighted by molar-refractivity contribution is 5.47. The number of nitrogens with zero attached hydrogens (tertiary/aromatic N) is 3. The third kappa shape index (κ3) is 2.01. The van der Waals surface area contributed by atoms with E-state index in [1.165, 1.54) is 0 Å². The van der Waals surface area contributed by atoms with Gasteiger partial charge in [0.05, 0.1) is 17.1 Å². The van der Waals surface area contributed by atoms with E-state index >= 15 is 0 Å². The molecule has 4 heteroatoms. The van der Waals surface area contributed by atoms with E-state index in [4.69, 9.17) is 5.73 Å². The van der Waals surface area contributed by atoms with Crippen LogP contribution in [0.3, 0.4) is 0 Å². The van der Waals surface area contributed by atoms with Crippen molar-refractivity contribution in [3.8, 4) is 0 Å². The summed E-state index contributed by atoms with van der Waals surface area (Å²) in [6.07, 6.45) is 0. The summed E-state index contributed by atoms with van der Waals surface area (Å²) in [5, 5.41) is 4.35. The van der Waals surface area contributed by atoms with Crippen LogP contribution in [0.2, 0.25) is 0 Å². The number of nitrogens with two attached hydrogens (primary N) is 1. The third-order valence-electron chi connectivity index (χ3n) is 2.05. The molecule has 0 saturated carbocycles. The lowest BCUT2D eigenvalue weighted by Crippen LogP contribution is -2.16. The van der Waals surface area contributed by atoms with E-state index in [0.29, 0.717) is 0 Å². The minimum atomic E-state index is 0.829. The van der Waals surface area contributed by atoms with E-state index in [1.54, 1.807) is 0 Å². The summed E-state index contributed by atoms with van der Waals surface area (Å²) in [4.78, 5) is 2.10. The van der Waals surface area contributed by atoms with Gasteiger partial charge in [0.25, 0.3) is 0 Å². The van der Waals surface area contributed by atoms with Crippen LogP contribution in [-0.4, -0.2) is 28.8 Å². The van der Waals surface area contributed by atoms with Crippen LogP contribution in [0.25, 0.3) is 0 Å². The van der Waals surface area contributed by atoms with Crippen molar-refractivity contribution in [2.45, 2.75) is 26.9 Å². The van der Waals surface area contributed by atoms with Crippen LogP contribution < -0.4 is 5.73 Å². The molecule has 4 nitrogen and oxygen atoms in total. The Morgan fingerprint density at radius 1 is 1.46 bits per heavy atom. The highest BCUT2D eigenvalue weighted by Crippen LogP contribution is 2.17. The molecule has 2 N–H and O–H groups in total. The highest BCUT2D eigenvalue weighted by Gasteiger charge is 2.11. The van der Waals surface area contributed by atoms with Crippen LogP contribution in [0.4, 0.5) is 5.69 Å². The minimum absolute atomic E-state index is 0.829. The second-order valence-corrected chi connectivity index (χ2v) is 3.50. The second kappa shape index (κ2) is 3.79. The van der Waals surface area contributed by atoms with Crippen molar-refractivity contribution in [2.75, 3.05) is 19.8 Å². The van der Waals surface area contributed by atoms with Gasteiger partial charge < -0.3 is 10.6 Å². The Labute approximate surface area is 79.3 Å². The molecule has 1 heterocycles. The Hall–Kier alpha value is -1.03. The first-order chi connectivity index (χ1) is 6.06. The van der Waals surface area contributed by atoms with E-state index < -0.39 is 0 Å². The molecule has 13 heavy (non-hydrogen) atoms. The molecule has 1 aromatic heterocycles. The molecular formula is C9H18N4. The van der Waals surface area contributed by atoms with E-state index in [9.17, 15) is 0 Å². The number of aromatic nitrogens is 2. The Morgan fingerprint density at radius 3 is 2.54 bits per heavy atom. The molecule has 0 atom stereocenters. The first-order valence-electron chi connectivity index (χ1n) is 4.52. The molecular weight excluding hydrogens is 164 g/mol. The number of aryl methyl sites for hydroxylation is 2. The van der Waals surface area contributed by atoms with E-state index in [0.717, 1.165) is 30.2 Å². The predicted octanol–water partition coefficient (Wildman–Crippen LogP) is 0.855. The summed E-state index contributed by atoms with van der Waals surface area (Å²) in [6.45, 7) is 5.74. The monoisotopic (exact) mass is 182 g/mol. The standard InChI is InChI=1S/C9H18N4/c1-5-13-8(6-12(3)4)9(10)7(2)11-13/h5-6,10H2,1-4H3. The van der Waals surface area contributed by atoms with Gasteiger partial charge in [-0.1, -0.05) is 0 Å². The van der Waals surface area contributed by atoms with Gasteiger partial charge >= 0.3 is 0 Å². The smallest absolute Gasteiger partial charge is 0.0826 e. The predicted molar refractivity (Wildman–Crippen MR) is 54.4 cm³/mol. The Kier molecular flexibility index (Phi) is 2.93. The quantitative estimate of drug-likeness (QED) is 0.754. The zero-order chi connectivity index (χ0) is 10.0. The summed E-state index contributed by atoms with van der Waals surface area (Å²) >= 11 is 0. The van der Waals surface area contributed by atoms with Gasteiger partial charge in [0.2, 0.25) is 0 Å². The van der Waals surface area contributed by atoms with Gasteiger partial charge in [-0.25, -0.2) is 0 Å². The number of hydrogen-bond acceptors (Lipinski definition) is 3. The molecule has 0 amide bonds. The van der Waals surface area contributed by atoms with Gasteiger partial charge in [0.15, 0.2) is 0 Å². The maximum Gasteiger partial charge on any atom is 0.0826 e. The van der Waals surface area contributed by atoms with Gasteiger partial charge in [-0.05, 0) is 27.9 Å². The molecule has 0 aromatic carbocycles. The molecule has 0 radical (unpaired) electrons. The van der Waals surface area contributed by atoms with Crippen molar-refractivity contribution in [3.63, 3.8) is 0 Å². The summed E-state index contributed by atoms with van der Waals surface area (Å²) in [7, 11) is 4.06. The average molecular weight is 182 g/mol. The first kappa shape index (κ1) is 10.1. The van der Waals surface area contributed by atoms with Gasteiger partial charge in [0, 0.05) is 13.1 Å². The molecule has 0 saturated heterocycles. The summed E-state index contributed by atoms with van der Waals surface area (Å²) in [5.41, 5.74) is 8.79. The lowest BCUT2D eigenvalue weighted by atomic mass is 10.3. The van der Waals surface area contributed by atoms with E-state index in [2.05, 4.69) is 16.9 Å². The molecule has 0 spiro atoms. The van der Waals surface area contributed by atoms with Crippen LogP contribution in [0.15, 0.2) is 0 Å². The number of nitrogen functional groups attached to an aromatic ring is 1. The summed E-state index contributed by atoms with van der Waals surface area (Å²) in [5.74, 6) is 0. The highest BCUT2D eigenvalue weighted by atomic mass is 15.3. The molecule has 0 bridgehead atoms. The van der Waals surface area contributed by atoms with E-state index in [-0.39, 0.29) is 0 Å². The van der Waals surface area contributed by atoms with Gasteiger partial charge in [-0.3, -0.25) is 4.68 Å². The topological polar surface area (TPSA) is 47.1 Å². The van der Waals surface area contributed by atoms with Gasteiger partial charge in [-0.2, -0.15) is 5.10 Å². The zero-order valence-electron chi connectivity index (χ0n) is 8.83. The van der Waals surface area contributed by atoms with Crippen molar-refractivity contribution in [1.29, 1.82) is 0 Å². The van der Waals surface area contributed by atoms with Gasteiger partial charge in [0.1, 0.15) is 0 Å². The lowest BCUT2D eigenvalue weighted by Gasteiger charge is -2.11. The minimum Gasteiger partial charge on any atom is -0.396 e. The van der Waals surface area contributed by atoms with Crippen molar-refractivity contribution < 1.29 is 0 Å². The van der Waals surface area contributed by atoms with Crippen molar-refractivity contribution >= 4 is 5.69 Å². The van der Waals surface area contributed by atoms with Crippen LogP contribution in [0, 0.1) is 6.92 Å². The largest absolute Gasteiger partial charge is 0.396 e. The maximum absolute atomic E-state index is 5.92. The number of anilines is 1. The van der Waals surface area contributed by atoms with Crippen molar-refractivity contribution in [3.05, 3.63) is 11.4 Å². The van der Waals surface area contributed by atoms with Crippen molar-refractivity contribution in [2.24, 2.45) is 0 Å².